The van der Waals surface area contributed by atoms with E-state index in [1.54, 1.807) is 0 Å². The maximum absolute atomic E-state index is 2.45. The molecule has 0 heterocycles. The van der Waals surface area contributed by atoms with Gasteiger partial charge < -0.3 is 0 Å². The van der Waals surface area contributed by atoms with E-state index in [0.717, 1.165) is 0 Å². The van der Waals surface area contributed by atoms with E-state index in [0.29, 0.717) is 0 Å². The van der Waals surface area contributed by atoms with Gasteiger partial charge in [-0.1, -0.05) is 95.3 Å². The van der Waals surface area contributed by atoms with Crippen LogP contribution in [-0.2, 0) is 10.8 Å². The van der Waals surface area contributed by atoms with Crippen LogP contribution in [0.2, 0.25) is 0 Å². The summed E-state index contributed by atoms with van der Waals surface area (Å²) in [5.74, 6) is 0. The summed E-state index contributed by atoms with van der Waals surface area (Å²) < 4.78 is 0. The lowest BCUT2D eigenvalue weighted by molar-refractivity contribution is 0.591. The second-order valence-corrected chi connectivity index (χ2v) is 10.3. The molecule has 6 rings (SSSR count). The minimum Gasteiger partial charge on any atom is -0.0619 e. The van der Waals surface area contributed by atoms with Crippen LogP contribution in [0, 0.1) is 0 Å². The molecule has 1 aliphatic carbocycles. The summed E-state index contributed by atoms with van der Waals surface area (Å²) in [7, 11) is 0. The van der Waals surface area contributed by atoms with Gasteiger partial charge in [-0.3, -0.25) is 0 Å². The van der Waals surface area contributed by atoms with Crippen molar-refractivity contribution in [1.82, 2.24) is 0 Å². The molecular weight excluding hydrogens is 348 g/mol. The van der Waals surface area contributed by atoms with Gasteiger partial charge in [0, 0.05) is 5.41 Å². The van der Waals surface area contributed by atoms with E-state index in [2.05, 4.69) is 101 Å². The highest BCUT2D eigenvalue weighted by molar-refractivity contribution is 6.26. The first kappa shape index (κ1) is 17.0. The van der Waals surface area contributed by atoms with Crippen LogP contribution in [-0.4, -0.2) is 0 Å². The number of benzene rings is 5. The zero-order valence-corrected chi connectivity index (χ0v) is 17.9. The van der Waals surface area contributed by atoms with Gasteiger partial charge in [-0.05, 0) is 71.6 Å². The fourth-order valence-corrected chi connectivity index (χ4v) is 5.50. The van der Waals surface area contributed by atoms with Crippen LogP contribution in [0.15, 0.2) is 66.7 Å². The van der Waals surface area contributed by atoms with Crippen molar-refractivity contribution in [2.24, 2.45) is 0 Å². The largest absolute Gasteiger partial charge is 0.0619 e. The Morgan fingerprint density at radius 2 is 1.28 bits per heavy atom. The van der Waals surface area contributed by atoms with Crippen LogP contribution in [0.1, 0.15) is 51.3 Å². The molecule has 0 amide bonds. The zero-order chi connectivity index (χ0) is 20.1. The molecule has 5 aromatic rings. The lowest BCUT2D eigenvalue weighted by atomic mass is 9.80. The maximum atomic E-state index is 2.45. The van der Waals surface area contributed by atoms with Crippen LogP contribution in [0.4, 0.5) is 0 Å². The van der Waals surface area contributed by atoms with Crippen LogP contribution in [0.5, 0.6) is 0 Å². The zero-order valence-electron chi connectivity index (χ0n) is 17.9. The van der Waals surface area contributed by atoms with E-state index in [4.69, 9.17) is 0 Å². The normalized spacial score (nSPS) is 15.3. The third kappa shape index (κ3) is 2.10. The van der Waals surface area contributed by atoms with E-state index in [1.165, 1.54) is 60.1 Å². The molecule has 29 heavy (non-hydrogen) atoms. The van der Waals surface area contributed by atoms with E-state index in [9.17, 15) is 0 Å². The second-order valence-electron chi connectivity index (χ2n) is 10.3. The van der Waals surface area contributed by atoms with Crippen LogP contribution < -0.4 is 0 Å². The van der Waals surface area contributed by atoms with Crippen molar-refractivity contribution in [2.45, 2.75) is 45.4 Å². The molecule has 0 heteroatoms. The molecule has 0 aliphatic heterocycles. The SMILES string of the molecule is CC(C)(C)c1cc2ccc3cc4c(c5ccc(c1)c2c35)-c1ccccc1C4(C)C. The molecule has 0 fully saturated rings. The van der Waals surface area contributed by atoms with Crippen LogP contribution >= 0.6 is 0 Å². The minimum atomic E-state index is 0.0375. The van der Waals surface area contributed by atoms with E-state index < -0.39 is 0 Å². The molecule has 0 radical (unpaired) electrons. The van der Waals surface area contributed by atoms with Crippen molar-refractivity contribution in [3.8, 4) is 11.1 Å². The minimum absolute atomic E-state index is 0.0375. The molecule has 0 spiro atoms. The Balaban J connectivity index is 1.81. The Morgan fingerprint density at radius 1 is 0.655 bits per heavy atom. The van der Waals surface area contributed by atoms with Crippen molar-refractivity contribution in [2.75, 3.05) is 0 Å². The third-order valence-electron chi connectivity index (χ3n) is 7.13. The summed E-state index contributed by atoms with van der Waals surface area (Å²) in [5.41, 5.74) is 7.33. The van der Waals surface area contributed by atoms with Gasteiger partial charge in [0.05, 0.1) is 0 Å². The van der Waals surface area contributed by atoms with Crippen molar-refractivity contribution in [1.29, 1.82) is 0 Å². The van der Waals surface area contributed by atoms with E-state index in [-0.39, 0.29) is 10.8 Å². The van der Waals surface area contributed by atoms with E-state index in [1.807, 2.05) is 0 Å². The molecule has 142 valence electrons. The lowest BCUT2D eigenvalue weighted by Crippen LogP contribution is -2.14. The number of fused-ring (bicyclic) bond motifs is 4. The van der Waals surface area contributed by atoms with Gasteiger partial charge in [-0.2, -0.15) is 0 Å². The predicted octanol–water partition coefficient (Wildman–Crippen LogP) is 8.19. The second kappa shape index (κ2) is 5.19. The van der Waals surface area contributed by atoms with E-state index >= 15 is 0 Å². The molecule has 0 saturated heterocycles. The molecule has 1 aliphatic rings. The third-order valence-corrected chi connectivity index (χ3v) is 7.13. The Morgan fingerprint density at radius 3 is 1.97 bits per heavy atom. The Hall–Kier alpha value is -2.86. The molecule has 0 N–H and O–H groups in total. The van der Waals surface area contributed by atoms with Gasteiger partial charge in [0.2, 0.25) is 0 Å². The molecule has 0 aromatic heterocycles. The summed E-state index contributed by atoms with van der Waals surface area (Å²) in [6.07, 6.45) is 0. The van der Waals surface area contributed by atoms with Gasteiger partial charge in [-0.25, -0.2) is 0 Å². The number of rotatable bonds is 0. The molecule has 0 bridgehead atoms. The van der Waals surface area contributed by atoms with Crippen LogP contribution in [0.25, 0.3) is 43.4 Å². The summed E-state index contributed by atoms with van der Waals surface area (Å²) >= 11 is 0. The van der Waals surface area contributed by atoms with Crippen molar-refractivity contribution in [3.63, 3.8) is 0 Å². The first-order valence-electron chi connectivity index (χ1n) is 10.6. The van der Waals surface area contributed by atoms with Crippen molar-refractivity contribution in [3.05, 3.63) is 83.4 Å². The van der Waals surface area contributed by atoms with Crippen molar-refractivity contribution < 1.29 is 0 Å². The highest BCUT2D eigenvalue weighted by atomic mass is 14.4. The van der Waals surface area contributed by atoms with Crippen LogP contribution in [0.3, 0.4) is 0 Å². The summed E-state index contributed by atoms with van der Waals surface area (Å²) in [6.45, 7) is 11.6. The Bertz CT molecular complexity index is 1420. The first-order valence-corrected chi connectivity index (χ1v) is 10.6. The topological polar surface area (TPSA) is 0 Å². The van der Waals surface area contributed by atoms with Gasteiger partial charge in [0.25, 0.3) is 0 Å². The molecule has 0 nitrogen and oxygen atoms in total. The summed E-state index contributed by atoms with van der Waals surface area (Å²) in [4.78, 5) is 0. The highest BCUT2D eigenvalue weighted by Gasteiger charge is 2.36. The Kier molecular flexibility index (Phi) is 3.05. The maximum Gasteiger partial charge on any atom is 0.0159 e. The highest BCUT2D eigenvalue weighted by Crippen LogP contribution is 2.53. The van der Waals surface area contributed by atoms with Gasteiger partial charge in [-0.15, -0.1) is 0 Å². The predicted molar refractivity (Wildman–Crippen MR) is 126 cm³/mol. The molecule has 5 aromatic carbocycles. The quantitative estimate of drug-likeness (QED) is 0.240. The number of hydrogen-bond acceptors (Lipinski definition) is 0. The number of hydrogen-bond donors (Lipinski definition) is 0. The molecule has 0 unspecified atom stereocenters. The molecule has 0 saturated carbocycles. The monoisotopic (exact) mass is 374 g/mol. The average Bonchev–Trinajstić information content (AvgIpc) is 2.92. The standard InChI is InChI=1S/C29H26/c1-28(2,3)20-14-17-10-11-19-16-24-27(21-8-6-7-9-23(21)29(24,4)5)22-13-12-18(15-20)25(17)26(19)22/h6-16H,1-5H3. The molecule has 0 atom stereocenters. The average molecular weight is 375 g/mol. The molecular formula is C29H26. The van der Waals surface area contributed by atoms with Gasteiger partial charge in [0.15, 0.2) is 0 Å². The smallest absolute Gasteiger partial charge is 0.0159 e. The summed E-state index contributed by atoms with van der Waals surface area (Å²) in [5, 5.41) is 8.31. The summed E-state index contributed by atoms with van der Waals surface area (Å²) in [6, 6.07) is 25.6. The lowest BCUT2D eigenvalue weighted by Gasteiger charge is -2.24. The van der Waals surface area contributed by atoms with Crippen molar-refractivity contribution >= 4 is 32.3 Å². The Labute approximate surface area is 172 Å². The fraction of sp³-hybridized carbons (Fsp3) is 0.241. The van der Waals surface area contributed by atoms with Gasteiger partial charge >= 0.3 is 0 Å². The van der Waals surface area contributed by atoms with Gasteiger partial charge in [0.1, 0.15) is 0 Å². The first-order chi connectivity index (χ1) is 13.8. The fourth-order valence-electron chi connectivity index (χ4n) is 5.50.